The van der Waals surface area contributed by atoms with E-state index >= 15 is 0 Å². The molecule has 0 saturated heterocycles. The third-order valence-corrected chi connectivity index (χ3v) is 0.813. The Balaban J connectivity index is -0.0000000600. The summed E-state index contributed by atoms with van der Waals surface area (Å²) in [6.07, 6.45) is 0.792. The molecule has 48 valence electrons. The van der Waals surface area contributed by atoms with E-state index in [-0.39, 0.29) is 46.7 Å². The van der Waals surface area contributed by atoms with Crippen molar-refractivity contribution in [2.24, 2.45) is 5.92 Å². The molecule has 0 saturated carbocycles. The van der Waals surface area contributed by atoms with E-state index in [1.54, 1.807) is 0 Å². The van der Waals surface area contributed by atoms with Gasteiger partial charge in [0.15, 0.2) is 0 Å². The van der Waals surface area contributed by atoms with Gasteiger partial charge in [-0.3, -0.25) is 0 Å². The largest absolute Gasteiger partial charge is 2.00 e. The summed E-state index contributed by atoms with van der Waals surface area (Å²) in [5.41, 5.74) is 0. The fourth-order valence-electron chi connectivity index (χ4n) is 0.682. The summed E-state index contributed by atoms with van der Waals surface area (Å²) in [7, 11) is 0. The van der Waals surface area contributed by atoms with Gasteiger partial charge < -0.3 is 7.96 Å². The summed E-state index contributed by atoms with van der Waals surface area (Å²) in [5.74, 6) is 0.625. The molecule has 8 heavy (non-hydrogen) atoms. The molecule has 0 aliphatic rings. The Kier molecular flexibility index (Phi) is 9.47. The Labute approximate surface area is 84.4 Å². The quantitative estimate of drug-likeness (QED) is 0.578. The van der Waals surface area contributed by atoms with Crippen molar-refractivity contribution in [1.82, 2.24) is 0 Å². The second-order valence-electron chi connectivity index (χ2n) is 2.48. The van der Waals surface area contributed by atoms with Crippen LogP contribution in [-0.4, -0.2) is 48.9 Å². The van der Waals surface area contributed by atoms with E-state index in [1.165, 1.54) is 0 Å². The van der Waals surface area contributed by atoms with Crippen LogP contribution in [-0.2, 0) is 0 Å². The SMILES string of the molecule is CC(C)CC(C)O.[Ca+2].[H-].[H-]. The maximum absolute atomic E-state index is 8.72. The van der Waals surface area contributed by atoms with Crippen LogP contribution in [0.2, 0.25) is 0 Å². The summed E-state index contributed by atoms with van der Waals surface area (Å²) in [6.45, 7) is 6.03. The predicted molar refractivity (Wildman–Crippen MR) is 39.1 cm³/mol. The monoisotopic (exact) mass is 144 g/mol. The van der Waals surface area contributed by atoms with Crippen molar-refractivity contribution < 1.29 is 7.96 Å². The molecule has 1 atom stereocenters. The number of aliphatic hydroxyl groups is 1. The van der Waals surface area contributed by atoms with E-state index in [9.17, 15) is 0 Å². The maximum atomic E-state index is 8.72. The Morgan fingerprint density at radius 2 is 1.75 bits per heavy atom. The Morgan fingerprint density at radius 3 is 1.75 bits per heavy atom. The molecule has 0 aromatic carbocycles. The van der Waals surface area contributed by atoms with Gasteiger partial charge in [0.25, 0.3) is 0 Å². The van der Waals surface area contributed by atoms with Crippen LogP contribution in [0.4, 0.5) is 0 Å². The van der Waals surface area contributed by atoms with Crippen molar-refractivity contribution in [1.29, 1.82) is 0 Å². The molecule has 0 rings (SSSR count). The Morgan fingerprint density at radius 1 is 1.38 bits per heavy atom. The van der Waals surface area contributed by atoms with E-state index in [0.29, 0.717) is 5.92 Å². The molecule has 1 N–H and O–H groups in total. The Hall–Kier alpha value is 1.22. The van der Waals surface area contributed by atoms with Gasteiger partial charge >= 0.3 is 37.7 Å². The smallest absolute Gasteiger partial charge is 1.00 e. The van der Waals surface area contributed by atoms with Crippen molar-refractivity contribution in [3.63, 3.8) is 0 Å². The van der Waals surface area contributed by atoms with Crippen LogP contribution in [0.3, 0.4) is 0 Å². The molecule has 0 aromatic heterocycles. The summed E-state index contributed by atoms with van der Waals surface area (Å²) in [4.78, 5) is 0. The maximum Gasteiger partial charge on any atom is 2.00 e. The van der Waals surface area contributed by atoms with Gasteiger partial charge in [-0.25, -0.2) is 0 Å². The number of hydrogen-bond acceptors (Lipinski definition) is 1. The van der Waals surface area contributed by atoms with Crippen LogP contribution in [0.5, 0.6) is 0 Å². The normalized spacial score (nSPS) is 13.1. The van der Waals surface area contributed by atoms with Crippen LogP contribution in [0.25, 0.3) is 0 Å². The van der Waals surface area contributed by atoms with E-state index in [4.69, 9.17) is 5.11 Å². The van der Waals surface area contributed by atoms with Gasteiger partial charge in [0.2, 0.25) is 0 Å². The van der Waals surface area contributed by atoms with Crippen molar-refractivity contribution in [2.45, 2.75) is 33.3 Å². The van der Waals surface area contributed by atoms with Gasteiger partial charge in [-0.2, -0.15) is 0 Å². The van der Waals surface area contributed by atoms with Crippen LogP contribution in [0, 0.1) is 5.92 Å². The summed E-state index contributed by atoms with van der Waals surface area (Å²) in [5, 5.41) is 8.72. The topological polar surface area (TPSA) is 20.2 Å². The van der Waals surface area contributed by atoms with Gasteiger partial charge in [-0.15, -0.1) is 0 Å². The molecule has 1 unspecified atom stereocenters. The molecule has 2 heteroatoms. The number of hydrogen-bond donors (Lipinski definition) is 1. The van der Waals surface area contributed by atoms with Gasteiger partial charge in [0.1, 0.15) is 0 Å². The predicted octanol–water partition coefficient (Wildman–Crippen LogP) is 1.26. The average Bonchev–Trinajstić information content (AvgIpc) is 1.27. The summed E-state index contributed by atoms with van der Waals surface area (Å²) >= 11 is 0. The fraction of sp³-hybridized carbons (Fsp3) is 1.00. The number of rotatable bonds is 2. The van der Waals surface area contributed by atoms with E-state index < -0.39 is 0 Å². The molecule has 0 amide bonds. The van der Waals surface area contributed by atoms with Crippen LogP contribution in [0.1, 0.15) is 30.0 Å². The fourth-order valence-corrected chi connectivity index (χ4v) is 0.682. The molecule has 0 heterocycles. The first-order chi connectivity index (χ1) is 3.13. The summed E-state index contributed by atoms with van der Waals surface area (Å²) < 4.78 is 0. The first kappa shape index (κ1) is 12.0. The van der Waals surface area contributed by atoms with Gasteiger partial charge in [-0.05, 0) is 19.3 Å². The minimum absolute atomic E-state index is 0. The first-order valence-electron chi connectivity index (χ1n) is 2.81. The zero-order valence-electron chi connectivity index (χ0n) is 8.02. The van der Waals surface area contributed by atoms with Crippen molar-refractivity contribution >= 4 is 37.7 Å². The second kappa shape index (κ2) is 6.34. The van der Waals surface area contributed by atoms with Crippen LogP contribution >= 0.6 is 0 Å². The third kappa shape index (κ3) is 10.3. The molecule has 0 spiro atoms. The van der Waals surface area contributed by atoms with Crippen LogP contribution in [0.15, 0.2) is 0 Å². The van der Waals surface area contributed by atoms with Gasteiger partial charge in [-0.1, -0.05) is 13.8 Å². The molecule has 0 fully saturated rings. The second-order valence-corrected chi connectivity index (χ2v) is 2.48. The van der Waals surface area contributed by atoms with Crippen LogP contribution < -0.4 is 0 Å². The first-order valence-corrected chi connectivity index (χ1v) is 2.81. The van der Waals surface area contributed by atoms with E-state index in [1.807, 2.05) is 6.92 Å². The summed E-state index contributed by atoms with van der Waals surface area (Å²) in [6, 6.07) is 0. The molecular formula is C6H16CaO. The Bertz CT molecular complexity index is 45.0. The van der Waals surface area contributed by atoms with Gasteiger partial charge in [0, 0.05) is 0 Å². The average molecular weight is 144 g/mol. The zero-order chi connectivity index (χ0) is 5.86. The third-order valence-electron chi connectivity index (χ3n) is 0.813. The van der Waals surface area contributed by atoms with Crippen molar-refractivity contribution in [3.05, 3.63) is 0 Å². The molecule has 0 bridgehead atoms. The molecule has 0 aromatic rings. The minimum atomic E-state index is -0.125. The standard InChI is InChI=1S/C6H14O.Ca.2H/c1-5(2)4-6(3)7;;;/h5-7H,4H2,1-3H3;;;/q;+2;2*-1. The minimum Gasteiger partial charge on any atom is -1.00 e. The molecule has 0 aliphatic heterocycles. The number of aliphatic hydroxyl groups excluding tert-OH is 1. The zero-order valence-corrected chi connectivity index (χ0v) is 8.22. The van der Waals surface area contributed by atoms with Crippen molar-refractivity contribution in [2.75, 3.05) is 0 Å². The van der Waals surface area contributed by atoms with Crippen molar-refractivity contribution in [3.8, 4) is 0 Å². The molecule has 0 radical (unpaired) electrons. The van der Waals surface area contributed by atoms with E-state index in [0.717, 1.165) is 6.42 Å². The molecule has 1 nitrogen and oxygen atoms in total. The van der Waals surface area contributed by atoms with Gasteiger partial charge in [0.05, 0.1) is 6.10 Å². The molecular weight excluding hydrogens is 128 g/mol. The molecule has 0 aliphatic carbocycles. The van der Waals surface area contributed by atoms with E-state index in [2.05, 4.69) is 13.8 Å².